The fourth-order valence-electron chi connectivity index (χ4n) is 3.95. The summed E-state index contributed by atoms with van der Waals surface area (Å²) in [6.07, 6.45) is 32.7. The Kier molecular flexibility index (Phi) is 27.7. The van der Waals surface area contributed by atoms with Crippen LogP contribution in [0.3, 0.4) is 0 Å². The first kappa shape index (κ1) is 40.0. The summed E-state index contributed by atoms with van der Waals surface area (Å²) in [6.45, 7) is 3.45. The third kappa shape index (κ3) is 31.0. The van der Waals surface area contributed by atoms with Gasteiger partial charge in [0.15, 0.2) is 6.10 Å². The molecule has 1 atom stereocenters. The van der Waals surface area contributed by atoms with Crippen molar-refractivity contribution < 1.29 is 37.9 Å². The first-order valence-electron chi connectivity index (χ1n) is 15.9. The second-order valence-electron chi connectivity index (χ2n) is 10.4. The molecule has 0 saturated carbocycles. The Bertz CT molecular complexity index is 828. The number of rotatable bonds is 28. The van der Waals surface area contributed by atoms with Gasteiger partial charge in [-0.25, -0.2) is 4.57 Å². The molecule has 1 unspecified atom stereocenters. The zero-order valence-electron chi connectivity index (χ0n) is 26.1. The average Bonchev–Trinajstić information content (AvgIpc) is 2.95. The van der Waals surface area contributed by atoms with Gasteiger partial charge in [0.25, 0.3) is 0 Å². The second-order valence-corrected chi connectivity index (χ2v) is 11.6. The van der Waals surface area contributed by atoms with Gasteiger partial charge in [-0.05, 0) is 64.2 Å². The Hall–Kier alpha value is -1.99. The van der Waals surface area contributed by atoms with Gasteiger partial charge in [0.05, 0.1) is 6.61 Å². The van der Waals surface area contributed by atoms with E-state index in [0.717, 1.165) is 77.0 Å². The van der Waals surface area contributed by atoms with E-state index in [-0.39, 0.29) is 19.4 Å². The lowest BCUT2D eigenvalue weighted by Crippen LogP contribution is -2.29. The maximum absolute atomic E-state index is 12.3. The van der Waals surface area contributed by atoms with E-state index < -0.39 is 32.5 Å². The number of carbonyl (C=O) groups excluding carboxylic acids is 2. The summed E-state index contributed by atoms with van der Waals surface area (Å²) in [6, 6.07) is 0. The highest BCUT2D eigenvalue weighted by Crippen LogP contribution is 2.35. The molecular formula is C33H57O8P. The predicted octanol–water partition coefficient (Wildman–Crippen LogP) is 8.84. The van der Waals surface area contributed by atoms with Crippen LogP contribution in [0.5, 0.6) is 0 Å². The summed E-state index contributed by atoms with van der Waals surface area (Å²) >= 11 is 0. The molecule has 0 rings (SSSR count). The molecule has 0 aliphatic heterocycles. The Balaban J connectivity index is 4.13. The highest BCUT2D eigenvalue weighted by molar-refractivity contribution is 7.46. The molecule has 8 nitrogen and oxygen atoms in total. The van der Waals surface area contributed by atoms with Crippen molar-refractivity contribution in [1.29, 1.82) is 0 Å². The van der Waals surface area contributed by atoms with E-state index in [1.165, 1.54) is 12.8 Å². The molecular weight excluding hydrogens is 555 g/mol. The van der Waals surface area contributed by atoms with Gasteiger partial charge in [0, 0.05) is 12.8 Å². The number of hydrogen-bond donors (Lipinski definition) is 2. The van der Waals surface area contributed by atoms with E-state index in [1.807, 2.05) is 0 Å². The molecule has 0 aliphatic rings. The number of carbonyl (C=O) groups is 2. The van der Waals surface area contributed by atoms with Crippen molar-refractivity contribution >= 4 is 19.8 Å². The SMILES string of the molecule is CC/C=C\C/C=C\C/C=C\CCCCCC(=O)OC(COC(=O)CCCCCCC/C=C\CCCC)COP(=O)(O)O. The highest BCUT2D eigenvalue weighted by Gasteiger charge is 2.22. The number of esters is 2. The molecule has 0 saturated heterocycles. The largest absolute Gasteiger partial charge is 0.469 e. The normalized spacial score (nSPS) is 13.1. The van der Waals surface area contributed by atoms with Gasteiger partial charge in [0.1, 0.15) is 6.61 Å². The summed E-state index contributed by atoms with van der Waals surface area (Å²) in [5.41, 5.74) is 0. The van der Waals surface area contributed by atoms with E-state index in [0.29, 0.717) is 12.8 Å². The Labute approximate surface area is 254 Å². The minimum atomic E-state index is -4.75. The van der Waals surface area contributed by atoms with Crippen molar-refractivity contribution in [3.63, 3.8) is 0 Å². The molecule has 0 radical (unpaired) electrons. The van der Waals surface area contributed by atoms with Gasteiger partial charge in [-0.3, -0.25) is 14.1 Å². The molecule has 0 fully saturated rings. The maximum Gasteiger partial charge on any atom is 0.469 e. The standard InChI is InChI=1S/C33H57O8P/c1-3-5-7-9-11-13-15-16-18-20-22-24-26-28-33(35)41-31(30-40-42(36,37)38)29-39-32(34)27-25-23-21-19-17-14-12-10-8-6-4-2/h5,7,10-13,16,18,31H,3-4,6,8-9,14-15,17,19-30H2,1-2H3,(H2,36,37,38)/b7-5-,12-10-,13-11-,18-16-. The fourth-order valence-corrected chi connectivity index (χ4v) is 4.31. The zero-order chi connectivity index (χ0) is 31.2. The van der Waals surface area contributed by atoms with Gasteiger partial charge < -0.3 is 19.3 Å². The molecule has 0 aromatic rings. The van der Waals surface area contributed by atoms with Crippen LogP contribution < -0.4 is 0 Å². The molecule has 0 bridgehead atoms. The van der Waals surface area contributed by atoms with Crippen molar-refractivity contribution in [2.45, 2.75) is 136 Å². The van der Waals surface area contributed by atoms with E-state index in [9.17, 15) is 14.2 Å². The molecule has 0 amide bonds. The maximum atomic E-state index is 12.3. The predicted molar refractivity (Wildman–Crippen MR) is 170 cm³/mol. The quantitative estimate of drug-likeness (QED) is 0.0389. The van der Waals surface area contributed by atoms with Crippen LogP contribution in [0.4, 0.5) is 0 Å². The molecule has 9 heteroatoms. The van der Waals surface area contributed by atoms with Gasteiger partial charge in [-0.15, -0.1) is 0 Å². The van der Waals surface area contributed by atoms with Crippen LogP contribution in [-0.4, -0.2) is 41.0 Å². The lowest BCUT2D eigenvalue weighted by atomic mass is 10.1. The summed E-state index contributed by atoms with van der Waals surface area (Å²) in [5.74, 6) is -0.939. The number of hydrogen-bond acceptors (Lipinski definition) is 6. The second kappa shape index (κ2) is 29.1. The Morgan fingerprint density at radius 3 is 1.76 bits per heavy atom. The van der Waals surface area contributed by atoms with Crippen LogP contribution in [0.25, 0.3) is 0 Å². The molecule has 0 aromatic carbocycles. The summed E-state index contributed by atoms with van der Waals surface area (Å²) < 4.78 is 26.1. The summed E-state index contributed by atoms with van der Waals surface area (Å²) in [4.78, 5) is 42.4. The minimum Gasteiger partial charge on any atom is -0.462 e. The van der Waals surface area contributed by atoms with Gasteiger partial charge >= 0.3 is 19.8 Å². The van der Waals surface area contributed by atoms with Crippen LogP contribution in [0, 0.1) is 0 Å². The molecule has 242 valence electrons. The van der Waals surface area contributed by atoms with Crippen LogP contribution in [0.1, 0.15) is 129 Å². The Morgan fingerprint density at radius 2 is 1.14 bits per heavy atom. The molecule has 0 aromatic heterocycles. The van der Waals surface area contributed by atoms with Crippen molar-refractivity contribution in [3.8, 4) is 0 Å². The number of phosphoric ester groups is 1. The van der Waals surface area contributed by atoms with Crippen molar-refractivity contribution in [2.24, 2.45) is 0 Å². The zero-order valence-corrected chi connectivity index (χ0v) is 27.0. The molecule has 0 aliphatic carbocycles. The molecule has 42 heavy (non-hydrogen) atoms. The first-order chi connectivity index (χ1) is 20.3. The van der Waals surface area contributed by atoms with E-state index in [4.69, 9.17) is 19.3 Å². The number of phosphoric acid groups is 1. The highest BCUT2D eigenvalue weighted by atomic mass is 31.2. The summed E-state index contributed by atoms with van der Waals surface area (Å²) in [5, 5.41) is 0. The summed E-state index contributed by atoms with van der Waals surface area (Å²) in [7, 11) is -4.75. The van der Waals surface area contributed by atoms with Crippen LogP contribution in [0.2, 0.25) is 0 Å². The van der Waals surface area contributed by atoms with E-state index in [1.54, 1.807) is 0 Å². The van der Waals surface area contributed by atoms with E-state index >= 15 is 0 Å². The number of ether oxygens (including phenoxy) is 2. The molecule has 2 N–H and O–H groups in total. The molecule has 0 heterocycles. The molecule has 0 spiro atoms. The van der Waals surface area contributed by atoms with Crippen LogP contribution >= 0.6 is 7.82 Å². The van der Waals surface area contributed by atoms with Gasteiger partial charge in [-0.1, -0.05) is 101 Å². The lowest BCUT2D eigenvalue weighted by Gasteiger charge is -2.18. The number of unbranched alkanes of at least 4 members (excludes halogenated alkanes) is 10. The lowest BCUT2D eigenvalue weighted by molar-refractivity contribution is -0.161. The fraction of sp³-hybridized carbons (Fsp3) is 0.697. The van der Waals surface area contributed by atoms with Crippen LogP contribution in [-0.2, 0) is 28.2 Å². The van der Waals surface area contributed by atoms with Crippen molar-refractivity contribution in [2.75, 3.05) is 13.2 Å². The van der Waals surface area contributed by atoms with E-state index in [2.05, 4.69) is 67.0 Å². The van der Waals surface area contributed by atoms with Crippen molar-refractivity contribution in [3.05, 3.63) is 48.6 Å². The minimum absolute atomic E-state index is 0.173. The smallest absolute Gasteiger partial charge is 0.462 e. The van der Waals surface area contributed by atoms with Gasteiger partial charge in [0.2, 0.25) is 0 Å². The van der Waals surface area contributed by atoms with Crippen molar-refractivity contribution in [1.82, 2.24) is 0 Å². The Morgan fingerprint density at radius 1 is 0.643 bits per heavy atom. The average molecular weight is 613 g/mol. The van der Waals surface area contributed by atoms with Crippen LogP contribution in [0.15, 0.2) is 48.6 Å². The first-order valence-corrected chi connectivity index (χ1v) is 17.5. The third-order valence-corrected chi connectivity index (χ3v) is 6.82. The topological polar surface area (TPSA) is 119 Å². The number of allylic oxidation sites excluding steroid dienone is 8. The van der Waals surface area contributed by atoms with Gasteiger partial charge in [-0.2, -0.15) is 0 Å². The monoisotopic (exact) mass is 612 g/mol. The third-order valence-electron chi connectivity index (χ3n) is 6.33.